The van der Waals surface area contributed by atoms with Gasteiger partial charge in [-0.1, -0.05) is 302 Å². The van der Waals surface area contributed by atoms with Crippen LogP contribution in [0.1, 0.15) is 95.8 Å². The molecule has 10 heteroatoms. The molecule has 3 aliphatic carbocycles. The van der Waals surface area contributed by atoms with E-state index in [4.69, 9.17) is 4.42 Å². The van der Waals surface area contributed by atoms with Crippen LogP contribution in [0.15, 0.2) is 469 Å². The van der Waals surface area contributed by atoms with E-state index in [1.54, 1.807) is 8.87 Å². The topological polar surface area (TPSA) is 26.1 Å². The quantitative estimate of drug-likeness (QED) is 0.107. The third-order valence-electron chi connectivity index (χ3n) is 30.5. The number of hydrogen-bond donors (Lipinski definition) is 0. The fourth-order valence-corrected chi connectivity index (χ4v) is 32.6. The van der Waals surface area contributed by atoms with Crippen LogP contribution in [0.2, 0.25) is 0 Å². The number of rotatable bonds is 13. The Morgan fingerprint density at radius 3 is 1.24 bits per heavy atom. The molecule has 5 nitrogen and oxygen atoms in total. The van der Waals surface area contributed by atoms with Gasteiger partial charge in [0.25, 0.3) is 0 Å². The monoisotopic (exact) mass is 2020 g/mol. The molecule has 6 aromatic heterocycles. The van der Waals surface area contributed by atoms with E-state index in [1.807, 2.05) is 34.0 Å². The van der Waals surface area contributed by atoms with Gasteiger partial charge < -0.3 is 9.80 Å². The number of benzene rings is 18. The van der Waals surface area contributed by atoms with E-state index in [0.29, 0.717) is 29.0 Å². The molecule has 29 rings (SSSR count). The second kappa shape index (κ2) is 33.4. The van der Waals surface area contributed by atoms with Gasteiger partial charge in [0.15, 0.2) is 0 Å². The van der Waals surface area contributed by atoms with E-state index in [2.05, 4.69) is 519 Å². The van der Waals surface area contributed by atoms with Gasteiger partial charge in [-0.3, -0.25) is 0 Å². The molecule has 680 valence electrons. The Morgan fingerprint density at radius 1 is 0.280 bits per heavy atom. The first-order chi connectivity index (χ1) is 70.3. The molecule has 18 aromatic carbocycles. The van der Waals surface area contributed by atoms with Crippen LogP contribution in [0, 0.1) is 0 Å². The molecule has 0 saturated heterocycles. The van der Waals surface area contributed by atoms with Crippen LogP contribution >= 0.6 is 34.0 Å². The zero-order chi connectivity index (χ0) is 95.1. The van der Waals surface area contributed by atoms with Gasteiger partial charge in [0.05, 0.1) is 31.2 Å². The summed E-state index contributed by atoms with van der Waals surface area (Å²) >= 11 is 6.45. The predicted molar refractivity (Wildman–Crippen MR) is 607 cm³/mol. The number of furan rings is 1. The normalized spacial score (nSPS) is 13.8. The molecule has 2 spiro atoms. The Morgan fingerprint density at radius 2 is 0.692 bits per heavy atom. The third kappa shape index (κ3) is 13.3. The van der Waals surface area contributed by atoms with Crippen LogP contribution in [0.5, 0.6) is 0 Å². The molecular weight excluding hydrogens is 1920 g/mol. The van der Waals surface area contributed by atoms with Gasteiger partial charge in [-0.15, -0.1) is 34.0 Å². The number of hydrogen-bond acceptors (Lipinski definition) is 8. The van der Waals surface area contributed by atoms with Crippen molar-refractivity contribution in [1.82, 2.24) is 0 Å². The zero-order valence-electron chi connectivity index (χ0n) is 79.2. The average Bonchev–Trinajstić information content (AvgIpc) is 1.51. The van der Waals surface area contributed by atoms with Crippen molar-refractivity contribution >= 4 is 173 Å². The first kappa shape index (κ1) is 85.5. The Balaban J connectivity index is 0.000000141. The Bertz CT molecular complexity index is 9050. The molecule has 0 unspecified atom stereocenters. The standard InChI is InChI=1S/C72H48N2S3.C61H44N2OSe2/c1-71(2)57-29-14-12-27-53(57)54-38-37-52(42-60(54)71)73(49-35-33-46(34-36-49)45-19-6-3-7-20-45)50-25-18-26-51(41-50)74-63-31-16-15-30-58(63)72(59-40-39-56-55-28-13-17-32-64(55)75-68(56)67(59)74)61-43-65(47-21-8-4-9-22-47)76-69(61)70-62(72)44-66(77-70)48-23-10-5-11-24-48;1-60(2,3)43-26-30-45(31-27-43)62(44-28-24-42(25-29-44)41-22-20-40(21-23-41)39-12-5-4-6-13-39)46-14-11-15-47(38-46)63-54-18-9-8-17-50(54)61(52-34-36-65-58(52)59-53(61)35-37-66-59)51-33-32-49-48-16-7-10-19-55(48)64-57(49)56(51)63/h3-44H,1-2H3;4-38H,1-3H3. The van der Waals surface area contributed by atoms with Crippen LogP contribution in [0.4, 0.5) is 68.2 Å². The molecule has 2 aliphatic heterocycles. The second-order valence-electron chi connectivity index (χ2n) is 39.7. The van der Waals surface area contributed by atoms with Crippen molar-refractivity contribution in [2.45, 2.75) is 56.3 Å². The van der Waals surface area contributed by atoms with Gasteiger partial charge in [0.1, 0.15) is 0 Å². The number of anilines is 12. The zero-order valence-corrected chi connectivity index (χ0v) is 85.1. The van der Waals surface area contributed by atoms with Gasteiger partial charge >= 0.3 is 267 Å². The molecule has 24 aromatic rings. The number of fused-ring (bicyclic) bond motifs is 29. The molecule has 0 N–H and O–H groups in total. The fourth-order valence-electron chi connectivity index (χ4n) is 23.9. The minimum Gasteiger partial charge on any atom is -0.310 e. The SMILES string of the molecule is CC(C)(C)c1ccc(N(c2ccc(-c3ccc(-c4ccccc4)cc3)cc2)c2cccc(N3c4ccccc4C4(c5cc[se]c5-c5[se]ccc54)c4ccc5c(oc6ccccc65)c43)c2)cc1.CC1(C)c2ccccc2-c2ccc(N(c3ccc(-c4ccccc4)cc3)c3cccc(N4c5ccccc5C5(c6cc(-c7ccccc7)sc6-c6sc(-c7ccccc7)cc65)c5ccc6c(sc7ccccc76)c54)c3)cc21. The van der Waals surface area contributed by atoms with Crippen LogP contribution in [-0.2, 0) is 21.7 Å². The Labute approximate surface area is 856 Å². The number of thiophene rings is 3. The molecular formula is C133H92N4OS3Se2. The summed E-state index contributed by atoms with van der Waals surface area (Å²) in [5.74, 6) is 0. The average molecular weight is 2020 g/mol. The maximum atomic E-state index is 7.06. The van der Waals surface area contributed by atoms with Crippen LogP contribution < -0.4 is 19.6 Å². The van der Waals surface area contributed by atoms with Crippen LogP contribution in [0.3, 0.4) is 0 Å². The van der Waals surface area contributed by atoms with Crippen molar-refractivity contribution in [3.63, 3.8) is 0 Å². The first-order valence-corrected chi connectivity index (χ1v) is 55.3. The van der Waals surface area contributed by atoms with Gasteiger partial charge in [-0.05, 0) is 167 Å². The van der Waals surface area contributed by atoms with Crippen molar-refractivity contribution < 1.29 is 4.42 Å². The smallest absolute Gasteiger partial charge is 0.310 e. The summed E-state index contributed by atoms with van der Waals surface area (Å²) in [6.45, 7) is 11.6. The minimum atomic E-state index is -0.594. The maximum absolute atomic E-state index is 7.06. The number of para-hydroxylation sites is 3. The van der Waals surface area contributed by atoms with E-state index in [0.717, 1.165) is 73.1 Å². The molecule has 0 saturated carbocycles. The van der Waals surface area contributed by atoms with Crippen LogP contribution in [-0.4, -0.2) is 29.0 Å². The van der Waals surface area contributed by atoms with Crippen molar-refractivity contribution in [3.05, 3.63) is 526 Å². The molecule has 143 heavy (non-hydrogen) atoms. The van der Waals surface area contributed by atoms with Gasteiger partial charge in [0, 0.05) is 53.4 Å². The molecule has 0 fully saturated rings. The first-order valence-electron chi connectivity index (χ1n) is 49.1. The van der Waals surface area contributed by atoms with E-state index >= 15 is 0 Å². The summed E-state index contributed by atoms with van der Waals surface area (Å²) in [7, 11) is 0. The van der Waals surface area contributed by atoms with E-state index in [9.17, 15) is 0 Å². The van der Waals surface area contributed by atoms with Gasteiger partial charge in [-0.2, -0.15) is 0 Å². The summed E-state index contributed by atoms with van der Waals surface area (Å²) in [5, 5.41) is 4.84. The second-order valence-corrected chi connectivity index (χ2v) is 46.7. The summed E-state index contributed by atoms with van der Waals surface area (Å²) in [6.07, 6.45) is 0. The van der Waals surface area contributed by atoms with Crippen LogP contribution in [0.25, 0.3) is 126 Å². The molecule has 8 heterocycles. The van der Waals surface area contributed by atoms with Crippen molar-refractivity contribution in [2.24, 2.45) is 0 Å². The van der Waals surface area contributed by atoms with Crippen molar-refractivity contribution in [1.29, 1.82) is 0 Å². The molecule has 5 aliphatic rings. The minimum absolute atomic E-state index is 0.0346. The summed E-state index contributed by atoms with van der Waals surface area (Å²) in [5.41, 5.74) is 41.4. The van der Waals surface area contributed by atoms with E-state index < -0.39 is 10.8 Å². The van der Waals surface area contributed by atoms with Crippen molar-refractivity contribution in [2.75, 3.05) is 19.6 Å². The fraction of sp³-hybridized carbons (Fsp3) is 0.0677. The predicted octanol–water partition coefficient (Wildman–Crippen LogP) is 37.0. The van der Waals surface area contributed by atoms with Crippen molar-refractivity contribution in [3.8, 4) is 84.0 Å². The molecule has 0 bridgehead atoms. The summed E-state index contributed by atoms with van der Waals surface area (Å²) in [6, 6.07) is 170. The van der Waals surface area contributed by atoms with E-state index in [1.165, 1.54) is 174 Å². The third-order valence-corrected chi connectivity index (χ3v) is 38.8. The van der Waals surface area contributed by atoms with E-state index in [-0.39, 0.29) is 10.8 Å². The molecule has 0 atom stereocenters. The van der Waals surface area contributed by atoms with Gasteiger partial charge in [0.2, 0.25) is 0 Å². The summed E-state index contributed by atoms with van der Waals surface area (Å²) in [4.78, 5) is 20.2. The Hall–Kier alpha value is -15.4. The Kier molecular flexibility index (Phi) is 20.0. The van der Waals surface area contributed by atoms with Gasteiger partial charge in [-0.25, -0.2) is 0 Å². The molecule has 0 amide bonds. The number of nitrogens with zero attached hydrogens (tertiary/aromatic N) is 4. The molecule has 0 radical (unpaired) electrons. The summed E-state index contributed by atoms with van der Waals surface area (Å²) < 4.78 is 12.8.